The van der Waals surface area contributed by atoms with Crippen molar-refractivity contribution in [2.24, 2.45) is 0 Å². The van der Waals surface area contributed by atoms with Crippen LogP contribution in [0, 0.1) is 5.82 Å². The molecule has 0 spiro atoms. The highest BCUT2D eigenvalue weighted by atomic mass is 19.1. The van der Waals surface area contributed by atoms with Crippen molar-refractivity contribution >= 4 is 11.9 Å². The summed E-state index contributed by atoms with van der Waals surface area (Å²) in [5.41, 5.74) is 0.368. The first-order chi connectivity index (χ1) is 9.00. The lowest BCUT2D eigenvalue weighted by Gasteiger charge is -2.15. The van der Waals surface area contributed by atoms with E-state index in [-0.39, 0.29) is 5.91 Å². The van der Waals surface area contributed by atoms with Crippen LogP contribution in [0.5, 0.6) is 0 Å². The molecule has 0 aliphatic heterocycles. The third kappa shape index (κ3) is 5.48. The zero-order valence-corrected chi connectivity index (χ0v) is 10.6. The summed E-state index contributed by atoms with van der Waals surface area (Å²) < 4.78 is 13.1. The van der Waals surface area contributed by atoms with E-state index < -0.39 is 17.8 Å². The molecule has 1 aromatic carbocycles. The lowest BCUT2D eigenvalue weighted by atomic mass is 10.1. The number of hydrogen-bond acceptors (Lipinski definition) is 3. The van der Waals surface area contributed by atoms with Crippen molar-refractivity contribution < 1.29 is 19.1 Å². The maximum absolute atomic E-state index is 13.1. The fourth-order valence-electron chi connectivity index (χ4n) is 1.63. The number of carboxylic acids is 1. The topological polar surface area (TPSA) is 78.4 Å². The van der Waals surface area contributed by atoms with Crippen LogP contribution >= 0.6 is 0 Å². The molecule has 1 amide bonds. The van der Waals surface area contributed by atoms with Gasteiger partial charge in [0, 0.05) is 13.5 Å². The summed E-state index contributed by atoms with van der Waals surface area (Å²) in [5, 5.41) is 14.5. The molecule has 0 bridgehead atoms. The number of carbonyl (C=O) groups excluding carboxylic acids is 1. The van der Waals surface area contributed by atoms with E-state index in [0.29, 0.717) is 25.1 Å². The second-order valence-corrected chi connectivity index (χ2v) is 4.12. The molecule has 3 N–H and O–H groups in total. The van der Waals surface area contributed by atoms with E-state index in [4.69, 9.17) is 5.11 Å². The van der Waals surface area contributed by atoms with Crippen LogP contribution in [0.3, 0.4) is 0 Å². The number of carbonyl (C=O) groups is 2. The monoisotopic (exact) mass is 268 g/mol. The third-order valence-corrected chi connectivity index (χ3v) is 2.50. The molecular formula is C13H17FN2O3. The quantitative estimate of drug-likeness (QED) is 0.646. The van der Waals surface area contributed by atoms with Crippen molar-refractivity contribution in [1.82, 2.24) is 10.6 Å². The molecule has 104 valence electrons. The number of amides is 1. The molecule has 1 aromatic rings. The third-order valence-electron chi connectivity index (χ3n) is 2.50. The molecule has 0 saturated carbocycles. The van der Waals surface area contributed by atoms with Crippen molar-refractivity contribution in [2.45, 2.75) is 19.4 Å². The molecule has 0 aromatic heterocycles. The Morgan fingerprint density at radius 1 is 1.37 bits per heavy atom. The summed E-state index contributed by atoms with van der Waals surface area (Å²) in [4.78, 5) is 21.8. The van der Waals surface area contributed by atoms with Crippen molar-refractivity contribution in [3.8, 4) is 0 Å². The Bertz CT molecular complexity index is 451. The molecule has 0 saturated heterocycles. The normalized spacial score (nSPS) is 11.9. The second kappa shape index (κ2) is 7.48. The van der Waals surface area contributed by atoms with Crippen LogP contribution in [0.1, 0.15) is 24.9 Å². The van der Waals surface area contributed by atoms with Gasteiger partial charge in [-0.2, -0.15) is 0 Å². The maximum atomic E-state index is 13.1. The number of rotatable bonds is 7. The van der Waals surface area contributed by atoms with Crippen molar-refractivity contribution in [2.75, 3.05) is 13.1 Å². The predicted molar refractivity (Wildman–Crippen MR) is 68.1 cm³/mol. The van der Waals surface area contributed by atoms with Crippen LogP contribution in [0.25, 0.3) is 0 Å². The van der Waals surface area contributed by atoms with Gasteiger partial charge in [-0.15, -0.1) is 0 Å². The number of benzene rings is 1. The summed E-state index contributed by atoms with van der Waals surface area (Å²) in [6.45, 7) is 2.30. The molecule has 0 heterocycles. The van der Waals surface area contributed by atoms with Gasteiger partial charge in [0.15, 0.2) is 0 Å². The van der Waals surface area contributed by atoms with Gasteiger partial charge in [-0.05, 0) is 30.7 Å². The van der Waals surface area contributed by atoms with E-state index in [1.54, 1.807) is 6.07 Å². The van der Waals surface area contributed by atoms with Crippen molar-refractivity contribution in [3.05, 3.63) is 35.6 Å². The van der Waals surface area contributed by atoms with Crippen LogP contribution in [0.2, 0.25) is 0 Å². The van der Waals surface area contributed by atoms with E-state index in [2.05, 4.69) is 10.6 Å². The highest BCUT2D eigenvalue weighted by Crippen LogP contribution is 2.14. The Morgan fingerprint density at radius 2 is 2.11 bits per heavy atom. The largest absolute Gasteiger partial charge is 0.480 e. The number of hydrogen-bond donors (Lipinski definition) is 3. The van der Waals surface area contributed by atoms with Gasteiger partial charge in [0.1, 0.15) is 11.9 Å². The SMILES string of the molecule is CC(=O)NCCCNC(C(=O)O)c1cccc(F)c1. The average molecular weight is 268 g/mol. The van der Waals surface area contributed by atoms with E-state index >= 15 is 0 Å². The van der Waals surface area contributed by atoms with Gasteiger partial charge in [0.05, 0.1) is 0 Å². The van der Waals surface area contributed by atoms with Crippen LogP contribution < -0.4 is 10.6 Å². The first-order valence-electron chi connectivity index (χ1n) is 5.97. The van der Waals surface area contributed by atoms with Gasteiger partial charge < -0.3 is 15.7 Å². The fraction of sp³-hybridized carbons (Fsp3) is 0.385. The summed E-state index contributed by atoms with van der Waals surface area (Å²) >= 11 is 0. The molecule has 0 aliphatic carbocycles. The molecular weight excluding hydrogens is 251 g/mol. The number of halogens is 1. The molecule has 1 atom stereocenters. The minimum absolute atomic E-state index is 0.125. The lowest BCUT2D eigenvalue weighted by molar-refractivity contribution is -0.139. The highest BCUT2D eigenvalue weighted by molar-refractivity contribution is 5.75. The van der Waals surface area contributed by atoms with Gasteiger partial charge in [-0.1, -0.05) is 12.1 Å². The van der Waals surface area contributed by atoms with E-state index in [1.165, 1.54) is 25.1 Å². The smallest absolute Gasteiger partial charge is 0.325 e. The lowest BCUT2D eigenvalue weighted by Crippen LogP contribution is -2.31. The van der Waals surface area contributed by atoms with E-state index in [0.717, 1.165) is 0 Å². The summed E-state index contributed by atoms with van der Waals surface area (Å²) in [7, 11) is 0. The van der Waals surface area contributed by atoms with Crippen LogP contribution in [-0.4, -0.2) is 30.1 Å². The maximum Gasteiger partial charge on any atom is 0.325 e. The molecule has 0 aliphatic rings. The zero-order valence-electron chi connectivity index (χ0n) is 10.6. The van der Waals surface area contributed by atoms with Gasteiger partial charge in [-0.25, -0.2) is 4.39 Å². The van der Waals surface area contributed by atoms with Gasteiger partial charge in [0.2, 0.25) is 5.91 Å². The zero-order chi connectivity index (χ0) is 14.3. The minimum atomic E-state index is -1.06. The first-order valence-corrected chi connectivity index (χ1v) is 5.97. The molecule has 6 heteroatoms. The summed E-state index contributed by atoms with van der Waals surface area (Å²) in [6, 6.07) is 4.54. The van der Waals surface area contributed by atoms with E-state index in [1.807, 2.05) is 0 Å². The Balaban J connectivity index is 2.50. The van der Waals surface area contributed by atoms with E-state index in [9.17, 15) is 14.0 Å². The Hall–Kier alpha value is -1.95. The number of aliphatic carboxylic acids is 1. The molecule has 1 unspecified atom stereocenters. The molecule has 1 rings (SSSR count). The Kier molecular flexibility index (Phi) is 5.95. The standard InChI is InChI=1S/C13H17FN2O3/c1-9(17)15-6-3-7-16-12(13(18)19)10-4-2-5-11(14)8-10/h2,4-5,8,12,16H,3,6-7H2,1H3,(H,15,17)(H,18,19). The Morgan fingerprint density at radius 3 is 2.68 bits per heavy atom. The first kappa shape index (κ1) is 15.1. The fourth-order valence-corrected chi connectivity index (χ4v) is 1.63. The summed E-state index contributed by atoms with van der Waals surface area (Å²) in [6.07, 6.45) is 0.596. The summed E-state index contributed by atoms with van der Waals surface area (Å²) in [5.74, 6) is -1.66. The molecule has 19 heavy (non-hydrogen) atoms. The van der Waals surface area contributed by atoms with Crippen LogP contribution in [0.4, 0.5) is 4.39 Å². The van der Waals surface area contributed by atoms with Crippen LogP contribution in [0.15, 0.2) is 24.3 Å². The van der Waals surface area contributed by atoms with Crippen LogP contribution in [-0.2, 0) is 9.59 Å². The Labute approximate surface area is 110 Å². The van der Waals surface area contributed by atoms with Gasteiger partial charge in [-0.3, -0.25) is 9.59 Å². The molecule has 0 fully saturated rings. The molecule has 5 nitrogen and oxygen atoms in total. The predicted octanol–water partition coefficient (Wildman–Crippen LogP) is 1.07. The van der Waals surface area contributed by atoms with Crippen molar-refractivity contribution in [3.63, 3.8) is 0 Å². The average Bonchev–Trinajstić information content (AvgIpc) is 2.32. The van der Waals surface area contributed by atoms with Gasteiger partial charge >= 0.3 is 5.97 Å². The van der Waals surface area contributed by atoms with Gasteiger partial charge in [0.25, 0.3) is 0 Å². The number of carboxylic acid groups (broad SMARTS) is 1. The highest BCUT2D eigenvalue weighted by Gasteiger charge is 2.18. The second-order valence-electron chi connectivity index (χ2n) is 4.12. The minimum Gasteiger partial charge on any atom is -0.480 e. The van der Waals surface area contributed by atoms with Crippen molar-refractivity contribution in [1.29, 1.82) is 0 Å². The molecule has 0 radical (unpaired) electrons. The number of nitrogens with one attached hydrogen (secondary N) is 2.